The van der Waals surface area contributed by atoms with Gasteiger partial charge in [-0.15, -0.1) is 0 Å². The molecule has 1 aliphatic rings. The normalized spacial score (nSPS) is 14.2. The van der Waals surface area contributed by atoms with Crippen molar-refractivity contribution in [1.82, 2.24) is 0 Å². The van der Waals surface area contributed by atoms with Crippen LogP contribution in [0.3, 0.4) is 0 Å². The first-order valence-corrected chi connectivity index (χ1v) is 6.98. The first kappa shape index (κ1) is 13.6. The van der Waals surface area contributed by atoms with Crippen LogP contribution in [-0.4, -0.2) is 5.91 Å². The Balaban J connectivity index is 1.98. The molecule has 1 aliphatic heterocycles. The van der Waals surface area contributed by atoms with Gasteiger partial charge in [-0.2, -0.15) is 0 Å². The molecule has 0 aromatic heterocycles. The highest BCUT2D eigenvalue weighted by molar-refractivity contribution is 5.96. The Morgan fingerprint density at radius 2 is 2.00 bits per heavy atom. The number of carbonyl (C=O) groups excluding carboxylic acids is 1. The highest BCUT2D eigenvalue weighted by Crippen LogP contribution is 2.31. The molecule has 0 saturated carbocycles. The molecule has 2 N–H and O–H groups in total. The lowest BCUT2D eigenvalue weighted by Gasteiger charge is -2.30. The van der Waals surface area contributed by atoms with Gasteiger partial charge in [0.2, 0.25) is 5.91 Å². The lowest BCUT2D eigenvalue weighted by molar-refractivity contribution is -0.119. The van der Waals surface area contributed by atoms with Crippen molar-refractivity contribution in [2.24, 2.45) is 0 Å². The van der Waals surface area contributed by atoms with Crippen LogP contribution >= 0.6 is 0 Å². The summed E-state index contributed by atoms with van der Waals surface area (Å²) in [7, 11) is 0. The average molecular weight is 284 g/mol. The topological polar surface area (TPSA) is 46.3 Å². The summed E-state index contributed by atoms with van der Waals surface area (Å²) in [5, 5.41) is 0. The molecular formula is C17H17FN2O. The monoisotopic (exact) mass is 284 g/mol. The van der Waals surface area contributed by atoms with Crippen LogP contribution < -0.4 is 10.6 Å². The SMILES string of the molecule is Cc1ccc(F)c(CN2C(=O)CCc3cc(N)ccc32)c1. The molecule has 0 aliphatic carbocycles. The maximum Gasteiger partial charge on any atom is 0.227 e. The first-order chi connectivity index (χ1) is 10.0. The second-order valence-corrected chi connectivity index (χ2v) is 5.46. The number of benzene rings is 2. The van der Waals surface area contributed by atoms with Crippen LogP contribution in [-0.2, 0) is 17.8 Å². The fourth-order valence-electron chi connectivity index (χ4n) is 2.75. The maximum absolute atomic E-state index is 13.9. The van der Waals surface area contributed by atoms with Crippen molar-refractivity contribution in [1.29, 1.82) is 0 Å². The number of carbonyl (C=O) groups is 1. The summed E-state index contributed by atoms with van der Waals surface area (Å²) >= 11 is 0. The maximum atomic E-state index is 13.9. The average Bonchev–Trinajstić information content (AvgIpc) is 2.45. The van der Waals surface area contributed by atoms with Crippen LogP contribution in [0.4, 0.5) is 15.8 Å². The van der Waals surface area contributed by atoms with Gasteiger partial charge in [-0.1, -0.05) is 17.7 Å². The van der Waals surface area contributed by atoms with Crippen LogP contribution in [0.25, 0.3) is 0 Å². The third kappa shape index (κ3) is 2.61. The summed E-state index contributed by atoms with van der Waals surface area (Å²) in [6.45, 7) is 2.17. The number of rotatable bonds is 2. The van der Waals surface area contributed by atoms with E-state index in [-0.39, 0.29) is 18.3 Å². The molecule has 0 bridgehead atoms. The Kier molecular flexibility index (Phi) is 3.37. The van der Waals surface area contributed by atoms with E-state index in [9.17, 15) is 9.18 Å². The number of amides is 1. The van der Waals surface area contributed by atoms with Gasteiger partial charge in [-0.25, -0.2) is 4.39 Å². The molecule has 0 saturated heterocycles. The number of hydrogen-bond acceptors (Lipinski definition) is 2. The molecule has 0 radical (unpaired) electrons. The molecule has 1 amide bonds. The summed E-state index contributed by atoms with van der Waals surface area (Å²) in [4.78, 5) is 13.9. The Bertz CT molecular complexity index is 712. The standard InChI is InChI=1S/C17H17FN2O/c1-11-2-5-15(18)13(8-11)10-20-16-6-4-14(19)9-12(16)3-7-17(20)21/h2,4-6,8-9H,3,7,10,19H2,1H3. The minimum absolute atomic E-state index is 0.0215. The van der Waals surface area contributed by atoms with E-state index in [1.807, 2.05) is 19.1 Å². The van der Waals surface area contributed by atoms with Crippen molar-refractivity contribution in [3.63, 3.8) is 0 Å². The molecule has 0 spiro atoms. The van der Waals surface area contributed by atoms with Crippen molar-refractivity contribution >= 4 is 17.3 Å². The quantitative estimate of drug-likeness (QED) is 0.861. The lowest BCUT2D eigenvalue weighted by atomic mass is 9.99. The van der Waals surface area contributed by atoms with Crippen LogP contribution in [0.1, 0.15) is 23.1 Å². The number of aryl methyl sites for hydroxylation is 2. The Morgan fingerprint density at radius 3 is 2.81 bits per heavy atom. The van der Waals surface area contributed by atoms with Gasteiger partial charge in [-0.3, -0.25) is 4.79 Å². The minimum atomic E-state index is -0.282. The predicted octanol–water partition coefficient (Wildman–Crippen LogP) is 3.20. The van der Waals surface area contributed by atoms with Crippen molar-refractivity contribution in [3.05, 3.63) is 58.9 Å². The zero-order chi connectivity index (χ0) is 15.0. The zero-order valence-electron chi connectivity index (χ0n) is 11.9. The third-order valence-electron chi connectivity index (χ3n) is 3.83. The summed E-state index contributed by atoms with van der Waals surface area (Å²) in [6, 6.07) is 10.5. The van der Waals surface area contributed by atoms with Gasteiger partial charge in [0.15, 0.2) is 0 Å². The van der Waals surface area contributed by atoms with Crippen LogP contribution in [0, 0.1) is 12.7 Å². The van der Waals surface area contributed by atoms with Crippen LogP contribution in [0.15, 0.2) is 36.4 Å². The second-order valence-electron chi connectivity index (χ2n) is 5.46. The molecule has 108 valence electrons. The number of hydrogen-bond donors (Lipinski definition) is 1. The van der Waals surface area contributed by atoms with E-state index in [0.29, 0.717) is 24.1 Å². The van der Waals surface area contributed by atoms with Crippen LogP contribution in [0.2, 0.25) is 0 Å². The van der Waals surface area contributed by atoms with Gasteiger partial charge in [0.25, 0.3) is 0 Å². The van der Waals surface area contributed by atoms with Crippen molar-refractivity contribution < 1.29 is 9.18 Å². The fourth-order valence-corrected chi connectivity index (χ4v) is 2.75. The summed E-state index contributed by atoms with van der Waals surface area (Å²) in [5.41, 5.74) is 9.87. The van der Waals surface area contributed by atoms with Crippen molar-refractivity contribution in [2.45, 2.75) is 26.3 Å². The van der Waals surface area contributed by atoms with E-state index in [0.717, 1.165) is 16.8 Å². The smallest absolute Gasteiger partial charge is 0.227 e. The molecule has 0 unspecified atom stereocenters. The van der Waals surface area contributed by atoms with Crippen molar-refractivity contribution in [3.8, 4) is 0 Å². The van der Waals surface area contributed by atoms with E-state index in [4.69, 9.17) is 5.73 Å². The molecule has 3 rings (SSSR count). The molecule has 4 heteroatoms. The van der Waals surface area contributed by atoms with E-state index in [1.54, 1.807) is 23.1 Å². The molecule has 2 aromatic rings. The van der Waals surface area contributed by atoms with Crippen molar-refractivity contribution in [2.75, 3.05) is 10.6 Å². The van der Waals surface area contributed by atoms with Gasteiger partial charge in [0, 0.05) is 23.4 Å². The van der Waals surface area contributed by atoms with Gasteiger partial charge in [0.05, 0.1) is 6.54 Å². The molecule has 21 heavy (non-hydrogen) atoms. The molecule has 2 aromatic carbocycles. The van der Waals surface area contributed by atoms with E-state index < -0.39 is 0 Å². The summed E-state index contributed by atoms with van der Waals surface area (Å²) in [5.74, 6) is -0.260. The Morgan fingerprint density at radius 1 is 1.19 bits per heavy atom. The second kappa shape index (κ2) is 5.20. The summed E-state index contributed by atoms with van der Waals surface area (Å²) < 4.78 is 13.9. The van der Waals surface area contributed by atoms with E-state index in [2.05, 4.69) is 0 Å². The molecule has 3 nitrogen and oxygen atoms in total. The molecule has 1 heterocycles. The van der Waals surface area contributed by atoms with E-state index >= 15 is 0 Å². The first-order valence-electron chi connectivity index (χ1n) is 6.98. The number of halogens is 1. The van der Waals surface area contributed by atoms with Gasteiger partial charge < -0.3 is 10.6 Å². The highest BCUT2D eigenvalue weighted by atomic mass is 19.1. The molecule has 0 fully saturated rings. The number of nitrogens with zero attached hydrogens (tertiary/aromatic N) is 1. The highest BCUT2D eigenvalue weighted by Gasteiger charge is 2.25. The summed E-state index contributed by atoms with van der Waals surface area (Å²) in [6.07, 6.45) is 1.12. The van der Waals surface area contributed by atoms with E-state index in [1.165, 1.54) is 6.07 Å². The lowest BCUT2D eigenvalue weighted by Crippen LogP contribution is -2.34. The number of anilines is 2. The minimum Gasteiger partial charge on any atom is -0.399 e. The van der Waals surface area contributed by atoms with Gasteiger partial charge in [-0.05, 0) is 43.2 Å². The van der Waals surface area contributed by atoms with Gasteiger partial charge in [0.1, 0.15) is 5.82 Å². The number of nitrogen functional groups attached to an aromatic ring is 1. The zero-order valence-corrected chi connectivity index (χ0v) is 11.9. The fraction of sp³-hybridized carbons (Fsp3) is 0.235. The Labute approximate surface area is 123 Å². The third-order valence-corrected chi connectivity index (χ3v) is 3.83. The largest absolute Gasteiger partial charge is 0.399 e. The molecule has 0 atom stereocenters. The predicted molar refractivity (Wildman–Crippen MR) is 81.5 cm³/mol. The number of fused-ring (bicyclic) bond motifs is 1. The molecular weight excluding hydrogens is 267 g/mol. The van der Waals surface area contributed by atoms with Gasteiger partial charge >= 0.3 is 0 Å². The number of nitrogens with two attached hydrogens (primary N) is 1. The Hall–Kier alpha value is -2.36. The van der Waals surface area contributed by atoms with Crippen LogP contribution in [0.5, 0.6) is 0 Å².